The maximum atomic E-state index is 5.18. The van der Waals surface area contributed by atoms with Crippen LogP contribution in [0, 0.1) is 0 Å². The first-order chi connectivity index (χ1) is 5.76. The Morgan fingerprint density at radius 2 is 1.33 bits per heavy atom. The summed E-state index contributed by atoms with van der Waals surface area (Å²) in [7, 11) is 3.26. The normalized spacial score (nSPS) is 9.00. The van der Waals surface area contributed by atoms with Crippen LogP contribution in [0.4, 0.5) is 0 Å². The van der Waals surface area contributed by atoms with Crippen LogP contribution in [0.5, 0.6) is 0 Å². The highest BCUT2D eigenvalue weighted by molar-refractivity contribution is 6.20. The van der Waals surface area contributed by atoms with Gasteiger partial charge in [-0.3, -0.25) is 0 Å². The van der Waals surface area contributed by atoms with Crippen molar-refractivity contribution in [2.45, 2.75) is 20.8 Å². The summed E-state index contributed by atoms with van der Waals surface area (Å²) in [5.41, 5.74) is 0. The Kier molecular flexibility index (Phi) is 6.65. The van der Waals surface area contributed by atoms with Gasteiger partial charge in [-0.25, -0.2) is 0 Å². The average molecular weight is 187 g/mol. The molecule has 0 aromatic heterocycles. The van der Waals surface area contributed by atoms with Crippen molar-refractivity contribution < 1.29 is 14.2 Å². The molecule has 0 spiro atoms. The fraction of sp³-hybridized carbons (Fsp3) is 0.750. The molecule has 4 heteroatoms. The molecule has 0 aliphatic carbocycles. The van der Waals surface area contributed by atoms with Gasteiger partial charge < -0.3 is 14.2 Å². The van der Waals surface area contributed by atoms with E-state index < -0.39 is 0 Å². The Balaban J connectivity index is 4.11. The third-order valence-corrected chi connectivity index (χ3v) is 1.37. The predicted octanol–water partition coefficient (Wildman–Crippen LogP) is 1.39. The molecule has 0 fully saturated rings. The minimum atomic E-state index is 0.415. The van der Waals surface area contributed by atoms with Gasteiger partial charge in [0.2, 0.25) is 0 Å². The predicted molar refractivity (Wildman–Crippen MR) is 47.7 cm³/mol. The molecule has 12 heavy (non-hydrogen) atoms. The molecule has 0 bridgehead atoms. The monoisotopic (exact) mass is 187 g/mol. The third kappa shape index (κ3) is 4.28. The molecule has 0 heterocycles. The van der Waals surface area contributed by atoms with E-state index in [1.54, 1.807) is 0 Å². The first-order valence-corrected chi connectivity index (χ1v) is 4.60. The van der Waals surface area contributed by atoms with Gasteiger partial charge in [0.15, 0.2) is 0 Å². The van der Waals surface area contributed by atoms with Gasteiger partial charge >= 0.3 is 5.95 Å². The molecule has 0 amide bonds. The zero-order chi connectivity index (χ0) is 9.40. The molecule has 0 N–H and O–H groups in total. The van der Waals surface area contributed by atoms with Crippen LogP contribution in [0.3, 0.4) is 0 Å². The molecule has 0 unspecified atom stereocenters. The van der Waals surface area contributed by atoms with Gasteiger partial charge in [-0.05, 0) is 20.8 Å². The van der Waals surface area contributed by atoms with E-state index in [1.807, 2.05) is 20.8 Å². The van der Waals surface area contributed by atoms with Crippen LogP contribution in [-0.2, 0) is 14.2 Å². The number of rotatable bonds is 6. The Labute approximate surface area is 77.1 Å². The highest BCUT2D eigenvalue weighted by Crippen LogP contribution is 2.06. The van der Waals surface area contributed by atoms with Crippen LogP contribution in [-0.4, -0.2) is 30.1 Å². The summed E-state index contributed by atoms with van der Waals surface area (Å²) in [4.78, 5) is 0. The molecule has 0 rings (SSSR count). The Morgan fingerprint density at radius 3 is 1.67 bits per heavy atom. The van der Waals surface area contributed by atoms with Gasteiger partial charge in [-0.15, -0.1) is 0 Å². The van der Waals surface area contributed by atoms with Gasteiger partial charge in [-0.2, -0.15) is 0 Å². The van der Waals surface area contributed by atoms with Crippen LogP contribution < -0.4 is 0 Å². The Bertz CT molecular complexity index is 137. The zero-order valence-corrected chi connectivity index (χ0v) is 8.85. The first kappa shape index (κ1) is 11.4. The quantitative estimate of drug-likeness (QED) is 0.464. The fourth-order valence-corrected chi connectivity index (χ4v) is 0.927. The lowest BCUT2D eigenvalue weighted by Gasteiger charge is -2.12. The van der Waals surface area contributed by atoms with Crippen LogP contribution in [0.25, 0.3) is 0 Å². The summed E-state index contributed by atoms with van der Waals surface area (Å²) >= 11 is 0. The lowest BCUT2D eigenvalue weighted by molar-refractivity contribution is 0.0288. The van der Waals surface area contributed by atoms with Crippen molar-refractivity contribution in [3.8, 4) is 0 Å². The zero-order valence-electron chi connectivity index (χ0n) is 7.85. The molecule has 0 aliphatic rings. The topological polar surface area (TPSA) is 27.7 Å². The Hall–Kier alpha value is -0.643. The lowest BCUT2D eigenvalue weighted by Crippen LogP contribution is -2.05. The largest absolute Gasteiger partial charge is 0.497 e. The molecular formula is C8H15O3Si. The van der Waals surface area contributed by atoms with E-state index in [9.17, 15) is 0 Å². The molecule has 3 radical (unpaired) electrons. The van der Waals surface area contributed by atoms with Gasteiger partial charge in [-0.1, -0.05) is 0 Å². The van der Waals surface area contributed by atoms with Crippen LogP contribution in [0.1, 0.15) is 20.8 Å². The fourth-order valence-electron chi connectivity index (χ4n) is 0.638. The average Bonchev–Trinajstić information content (AvgIpc) is 2.04. The molecule has 0 saturated heterocycles. The molecule has 0 atom stereocenters. The minimum Gasteiger partial charge on any atom is -0.497 e. The molecule has 0 aromatic rings. The van der Waals surface area contributed by atoms with E-state index in [0.29, 0.717) is 31.1 Å². The van der Waals surface area contributed by atoms with E-state index in [0.717, 1.165) is 0 Å². The third-order valence-electron chi connectivity index (χ3n) is 1.02. The summed E-state index contributed by atoms with van der Waals surface area (Å²) in [6.07, 6.45) is 0. The number of ether oxygens (including phenoxy) is 3. The summed E-state index contributed by atoms with van der Waals surface area (Å²) < 4.78 is 15.5. The molecule has 0 aromatic carbocycles. The summed E-state index contributed by atoms with van der Waals surface area (Å²) in [6, 6.07) is 0. The molecule has 0 saturated carbocycles. The molecular weight excluding hydrogens is 172 g/mol. The van der Waals surface area contributed by atoms with E-state index in [4.69, 9.17) is 14.2 Å². The van der Waals surface area contributed by atoms with Gasteiger partial charge in [0.25, 0.3) is 0 Å². The first-order valence-electron chi connectivity index (χ1n) is 4.10. The van der Waals surface area contributed by atoms with E-state index in [-0.39, 0.29) is 0 Å². The van der Waals surface area contributed by atoms with Crippen molar-refractivity contribution >= 4 is 10.2 Å². The van der Waals surface area contributed by atoms with Crippen molar-refractivity contribution in [3.63, 3.8) is 0 Å². The van der Waals surface area contributed by atoms with Gasteiger partial charge in [0.05, 0.1) is 19.8 Å². The van der Waals surface area contributed by atoms with Crippen molar-refractivity contribution in [2.24, 2.45) is 0 Å². The summed E-state index contributed by atoms with van der Waals surface area (Å²) in [6.45, 7) is 7.40. The van der Waals surface area contributed by atoms with Crippen molar-refractivity contribution in [1.29, 1.82) is 0 Å². The number of hydrogen-bond donors (Lipinski definition) is 0. The van der Waals surface area contributed by atoms with Crippen LogP contribution >= 0.6 is 0 Å². The maximum absolute atomic E-state index is 5.18. The standard InChI is InChI=1S/C8H15O3Si/c1-4-9-7(10-5-2)8(12)11-6-3/h4-6H2,1-3H3. The maximum Gasteiger partial charge on any atom is 0.312 e. The molecule has 3 nitrogen and oxygen atoms in total. The number of hydrogen-bond acceptors (Lipinski definition) is 3. The molecule has 0 aliphatic heterocycles. The lowest BCUT2D eigenvalue weighted by atomic mass is 10.8. The van der Waals surface area contributed by atoms with E-state index in [1.165, 1.54) is 0 Å². The van der Waals surface area contributed by atoms with E-state index in [2.05, 4.69) is 10.2 Å². The van der Waals surface area contributed by atoms with Crippen molar-refractivity contribution in [3.05, 3.63) is 11.3 Å². The van der Waals surface area contributed by atoms with Crippen molar-refractivity contribution in [1.82, 2.24) is 0 Å². The highest BCUT2D eigenvalue weighted by Gasteiger charge is 2.04. The second-order valence-corrected chi connectivity index (χ2v) is 2.37. The Morgan fingerprint density at radius 1 is 0.917 bits per heavy atom. The SMILES string of the molecule is CCOC([Si])=C(OCC)OCC. The van der Waals surface area contributed by atoms with Gasteiger partial charge in [0.1, 0.15) is 15.6 Å². The smallest absolute Gasteiger partial charge is 0.312 e. The highest BCUT2D eigenvalue weighted by atomic mass is 28.1. The van der Waals surface area contributed by atoms with Crippen LogP contribution in [0.2, 0.25) is 0 Å². The van der Waals surface area contributed by atoms with E-state index >= 15 is 0 Å². The summed E-state index contributed by atoms with van der Waals surface area (Å²) in [5.74, 6) is 0.415. The van der Waals surface area contributed by atoms with Crippen LogP contribution in [0.15, 0.2) is 11.3 Å². The van der Waals surface area contributed by atoms with Crippen molar-refractivity contribution in [2.75, 3.05) is 19.8 Å². The minimum absolute atomic E-state index is 0.415. The second-order valence-electron chi connectivity index (χ2n) is 1.92. The summed E-state index contributed by atoms with van der Waals surface area (Å²) in [5, 5.41) is 0.515. The van der Waals surface area contributed by atoms with Gasteiger partial charge in [0, 0.05) is 0 Å². The second kappa shape index (κ2) is 7.03. The molecule has 69 valence electrons.